The number of hydrogen-bond donors (Lipinski definition) is 1. The summed E-state index contributed by atoms with van der Waals surface area (Å²) < 4.78 is 11.0. The van der Waals surface area contributed by atoms with Gasteiger partial charge in [-0.05, 0) is 31.9 Å². The van der Waals surface area contributed by atoms with E-state index in [4.69, 9.17) is 9.47 Å². The summed E-state index contributed by atoms with van der Waals surface area (Å²) in [4.78, 5) is 10.9. The van der Waals surface area contributed by atoms with E-state index in [9.17, 15) is 9.90 Å². The van der Waals surface area contributed by atoms with Crippen molar-refractivity contribution in [3.63, 3.8) is 0 Å². The Balaban J connectivity index is 2.37. The number of aryl methyl sites for hydroxylation is 1. The molecule has 1 aliphatic rings. The van der Waals surface area contributed by atoms with Crippen LogP contribution in [0.3, 0.4) is 0 Å². The number of hydrogen-bond acceptors (Lipinski definition) is 4. The predicted molar refractivity (Wildman–Crippen MR) is 62.6 cm³/mol. The lowest BCUT2D eigenvalue weighted by Crippen LogP contribution is -2.26. The van der Waals surface area contributed by atoms with Crippen molar-refractivity contribution in [1.82, 2.24) is 0 Å². The Morgan fingerprint density at radius 2 is 2.41 bits per heavy atom. The summed E-state index contributed by atoms with van der Waals surface area (Å²) in [6, 6.07) is 1.78. The molecule has 1 aromatic carbocycles. The van der Waals surface area contributed by atoms with Crippen LogP contribution in [-0.4, -0.2) is 24.3 Å². The number of rotatable bonds is 3. The highest BCUT2D eigenvalue weighted by Gasteiger charge is 2.24. The van der Waals surface area contributed by atoms with E-state index in [0.717, 1.165) is 0 Å². The van der Waals surface area contributed by atoms with E-state index in [-0.39, 0.29) is 12.0 Å². The molecule has 0 saturated heterocycles. The van der Waals surface area contributed by atoms with Crippen molar-refractivity contribution in [2.75, 3.05) is 6.61 Å². The van der Waals surface area contributed by atoms with Crippen LogP contribution in [0.2, 0.25) is 0 Å². The van der Waals surface area contributed by atoms with Crippen LogP contribution in [0.15, 0.2) is 6.07 Å². The molecule has 0 saturated carbocycles. The first kappa shape index (κ1) is 11.9. The molecule has 0 radical (unpaired) electrons. The molecule has 0 aromatic heterocycles. The van der Waals surface area contributed by atoms with E-state index in [1.165, 1.54) is 0 Å². The SMILES string of the molecule is CCOC1CCc2c(cc(C)c(C=O)c2O)O1. The number of phenols is 1. The summed E-state index contributed by atoms with van der Waals surface area (Å²) >= 11 is 0. The van der Waals surface area contributed by atoms with Crippen LogP contribution >= 0.6 is 0 Å². The average molecular weight is 236 g/mol. The number of carbonyl (C=O) groups is 1. The molecule has 1 aliphatic heterocycles. The van der Waals surface area contributed by atoms with Gasteiger partial charge >= 0.3 is 0 Å². The first-order chi connectivity index (χ1) is 8.17. The molecule has 17 heavy (non-hydrogen) atoms. The molecule has 0 fully saturated rings. The smallest absolute Gasteiger partial charge is 0.200 e. The first-order valence-corrected chi connectivity index (χ1v) is 5.76. The third-order valence-electron chi connectivity index (χ3n) is 2.97. The maximum Gasteiger partial charge on any atom is 0.200 e. The van der Waals surface area contributed by atoms with Crippen LogP contribution in [0.1, 0.15) is 34.8 Å². The largest absolute Gasteiger partial charge is 0.507 e. The van der Waals surface area contributed by atoms with Gasteiger partial charge in [0.2, 0.25) is 0 Å². The van der Waals surface area contributed by atoms with Gasteiger partial charge in [-0.1, -0.05) is 0 Å². The third-order valence-corrected chi connectivity index (χ3v) is 2.97. The van der Waals surface area contributed by atoms with Crippen LogP contribution in [-0.2, 0) is 11.2 Å². The Morgan fingerprint density at radius 3 is 3.06 bits per heavy atom. The van der Waals surface area contributed by atoms with Crippen LogP contribution < -0.4 is 4.74 Å². The monoisotopic (exact) mass is 236 g/mol. The fourth-order valence-corrected chi connectivity index (χ4v) is 2.09. The zero-order chi connectivity index (χ0) is 12.4. The maximum absolute atomic E-state index is 10.9. The Morgan fingerprint density at radius 1 is 1.65 bits per heavy atom. The fraction of sp³-hybridized carbons (Fsp3) is 0.462. The van der Waals surface area contributed by atoms with Crippen molar-refractivity contribution in [2.24, 2.45) is 0 Å². The van der Waals surface area contributed by atoms with Gasteiger partial charge in [-0.2, -0.15) is 0 Å². The highest BCUT2D eigenvalue weighted by molar-refractivity contribution is 5.83. The van der Waals surface area contributed by atoms with Crippen LogP contribution in [0.25, 0.3) is 0 Å². The van der Waals surface area contributed by atoms with E-state index in [1.807, 2.05) is 6.92 Å². The Kier molecular flexibility index (Phi) is 3.33. The second-order valence-electron chi connectivity index (χ2n) is 4.09. The first-order valence-electron chi connectivity index (χ1n) is 5.76. The van der Waals surface area contributed by atoms with Crippen molar-refractivity contribution in [2.45, 2.75) is 33.0 Å². The summed E-state index contributed by atoms with van der Waals surface area (Å²) in [7, 11) is 0. The normalized spacial score (nSPS) is 18.4. The van der Waals surface area contributed by atoms with E-state index < -0.39 is 0 Å². The molecule has 2 rings (SSSR count). The highest BCUT2D eigenvalue weighted by atomic mass is 16.7. The van der Waals surface area contributed by atoms with Crippen molar-refractivity contribution in [3.8, 4) is 11.5 Å². The molecular formula is C13H16O4. The minimum Gasteiger partial charge on any atom is -0.507 e. The molecule has 1 N–H and O–H groups in total. The van der Waals surface area contributed by atoms with Gasteiger partial charge in [0.15, 0.2) is 12.6 Å². The average Bonchev–Trinajstić information content (AvgIpc) is 2.29. The molecule has 0 bridgehead atoms. The third kappa shape index (κ3) is 2.13. The Bertz CT molecular complexity index is 440. The zero-order valence-electron chi connectivity index (χ0n) is 10.0. The quantitative estimate of drug-likeness (QED) is 0.817. The lowest BCUT2D eigenvalue weighted by molar-refractivity contribution is -0.0863. The zero-order valence-corrected chi connectivity index (χ0v) is 10.0. The molecule has 0 aliphatic carbocycles. The van der Waals surface area contributed by atoms with Crippen LogP contribution in [0.4, 0.5) is 0 Å². The summed E-state index contributed by atoms with van der Waals surface area (Å²) in [5.74, 6) is 0.667. The standard InChI is InChI=1S/C13H16O4/c1-3-16-12-5-4-9-11(17-12)6-8(2)10(7-14)13(9)15/h6-7,12,15H,3-5H2,1-2H3. The molecule has 1 heterocycles. The number of aromatic hydroxyl groups is 1. The van der Waals surface area contributed by atoms with Gasteiger partial charge < -0.3 is 14.6 Å². The van der Waals surface area contributed by atoms with Crippen LogP contribution in [0, 0.1) is 6.92 Å². The molecule has 4 nitrogen and oxygen atoms in total. The Labute approximate surface area is 100 Å². The summed E-state index contributed by atoms with van der Waals surface area (Å²) in [6.45, 7) is 4.28. The van der Waals surface area contributed by atoms with Gasteiger partial charge in [0, 0.05) is 18.6 Å². The van der Waals surface area contributed by atoms with Gasteiger partial charge in [0.1, 0.15) is 11.5 Å². The van der Waals surface area contributed by atoms with E-state index in [2.05, 4.69) is 0 Å². The maximum atomic E-state index is 10.9. The van der Waals surface area contributed by atoms with Crippen molar-refractivity contribution < 1.29 is 19.4 Å². The predicted octanol–water partition coefficient (Wildman–Crippen LogP) is 2.20. The molecule has 0 spiro atoms. The number of carbonyl (C=O) groups excluding carboxylic acids is 1. The highest BCUT2D eigenvalue weighted by Crippen LogP contribution is 2.38. The van der Waals surface area contributed by atoms with Crippen molar-refractivity contribution >= 4 is 6.29 Å². The van der Waals surface area contributed by atoms with Gasteiger partial charge in [-0.15, -0.1) is 0 Å². The van der Waals surface area contributed by atoms with Gasteiger partial charge in [-0.25, -0.2) is 0 Å². The van der Waals surface area contributed by atoms with E-state index in [1.54, 1.807) is 13.0 Å². The Hall–Kier alpha value is -1.55. The summed E-state index contributed by atoms with van der Waals surface area (Å²) in [5, 5.41) is 9.98. The molecule has 92 valence electrons. The number of ether oxygens (including phenoxy) is 2. The minimum atomic E-state index is -0.256. The topological polar surface area (TPSA) is 55.8 Å². The number of fused-ring (bicyclic) bond motifs is 1. The van der Waals surface area contributed by atoms with E-state index in [0.29, 0.717) is 48.2 Å². The summed E-state index contributed by atoms with van der Waals surface area (Å²) in [6.07, 6.45) is 1.77. The molecule has 1 unspecified atom stereocenters. The molecular weight excluding hydrogens is 220 g/mol. The minimum absolute atomic E-state index is 0.0462. The lowest BCUT2D eigenvalue weighted by atomic mass is 9.98. The number of benzene rings is 1. The van der Waals surface area contributed by atoms with Crippen molar-refractivity contribution in [1.29, 1.82) is 0 Å². The van der Waals surface area contributed by atoms with Gasteiger partial charge in [0.25, 0.3) is 0 Å². The molecule has 0 amide bonds. The second kappa shape index (κ2) is 4.75. The number of aldehydes is 1. The molecule has 4 heteroatoms. The second-order valence-corrected chi connectivity index (χ2v) is 4.09. The van der Waals surface area contributed by atoms with Crippen molar-refractivity contribution in [3.05, 3.63) is 22.8 Å². The number of phenolic OH excluding ortho intramolecular Hbond substituents is 1. The summed E-state index contributed by atoms with van der Waals surface area (Å²) in [5.41, 5.74) is 1.77. The molecule has 1 aromatic rings. The van der Waals surface area contributed by atoms with E-state index >= 15 is 0 Å². The fourth-order valence-electron chi connectivity index (χ4n) is 2.09. The van der Waals surface area contributed by atoms with Crippen LogP contribution in [0.5, 0.6) is 11.5 Å². The van der Waals surface area contributed by atoms with Gasteiger partial charge in [0.05, 0.1) is 5.56 Å². The van der Waals surface area contributed by atoms with Gasteiger partial charge in [-0.3, -0.25) is 4.79 Å². The molecule has 1 atom stereocenters. The lowest BCUT2D eigenvalue weighted by Gasteiger charge is -2.27.